The molecule has 3 aromatic rings. The highest BCUT2D eigenvalue weighted by atomic mass is 14.9. The van der Waals surface area contributed by atoms with Gasteiger partial charge in [-0.15, -0.1) is 0 Å². The summed E-state index contributed by atoms with van der Waals surface area (Å²) in [6.45, 7) is 4.26. The fourth-order valence-corrected chi connectivity index (χ4v) is 2.24. The number of fused-ring (bicyclic) bond motifs is 1. The molecule has 0 spiro atoms. The molecule has 3 rings (SSSR count). The van der Waals surface area contributed by atoms with Crippen molar-refractivity contribution in [3.05, 3.63) is 66.0 Å². The van der Waals surface area contributed by atoms with Crippen LogP contribution >= 0.6 is 0 Å². The summed E-state index contributed by atoms with van der Waals surface area (Å²) in [6.07, 6.45) is 3.43. The molecule has 100 valence electrons. The van der Waals surface area contributed by atoms with Crippen molar-refractivity contribution in [2.24, 2.45) is 0 Å². The lowest BCUT2D eigenvalue weighted by atomic mass is 10.1. The van der Waals surface area contributed by atoms with Gasteiger partial charge in [0.1, 0.15) is 0 Å². The van der Waals surface area contributed by atoms with E-state index in [2.05, 4.69) is 53.4 Å². The quantitative estimate of drug-likeness (QED) is 0.772. The van der Waals surface area contributed by atoms with Crippen LogP contribution in [0.25, 0.3) is 11.0 Å². The third-order valence-corrected chi connectivity index (χ3v) is 3.43. The second-order valence-electron chi connectivity index (χ2n) is 5.04. The Kier molecular flexibility index (Phi) is 3.33. The average molecular weight is 263 g/mol. The Morgan fingerprint density at radius 1 is 0.900 bits per heavy atom. The Hall–Kier alpha value is -2.42. The maximum absolute atomic E-state index is 4.33. The molecular formula is C17H17N3. The van der Waals surface area contributed by atoms with Crippen LogP contribution in [0, 0.1) is 6.92 Å². The minimum absolute atomic E-state index is 0.254. The van der Waals surface area contributed by atoms with E-state index in [0.717, 1.165) is 16.7 Å². The van der Waals surface area contributed by atoms with Crippen LogP contribution in [0.2, 0.25) is 0 Å². The van der Waals surface area contributed by atoms with E-state index in [0.29, 0.717) is 0 Å². The molecule has 0 aliphatic heterocycles. The molecule has 0 amide bonds. The average Bonchev–Trinajstić information content (AvgIpc) is 2.48. The molecule has 0 saturated carbocycles. The molecule has 1 atom stereocenters. The van der Waals surface area contributed by atoms with E-state index in [1.165, 1.54) is 11.1 Å². The van der Waals surface area contributed by atoms with Crippen LogP contribution < -0.4 is 5.32 Å². The van der Waals surface area contributed by atoms with Crippen molar-refractivity contribution < 1.29 is 0 Å². The van der Waals surface area contributed by atoms with Crippen molar-refractivity contribution in [1.29, 1.82) is 0 Å². The molecule has 0 aliphatic carbocycles. The highest BCUT2D eigenvalue weighted by Gasteiger charge is 2.05. The molecule has 0 radical (unpaired) electrons. The summed E-state index contributed by atoms with van der Waals surface area (Å²) in [4.78, 5) is 8.61. The number of hydrogen-bond donors (Lipinski definition) is 1. The van der Waals surface area contributed by atoms with Gasteiger partial charge < -0.3 is 5.32 Å². The molecule has 3 heteroatoms. The second kappa shape index (κ2) is 5.29. The maximum Gasteiger partial charge on any atom is 0.0907 e. The fourth-order valence-electron chi connectivity index (χ4n) is 2.24. The van der Waals surface area contributed by atoms with Gasteiger partial charge in [-0.1, -0.05) is 29.8 Å². The predicted octanol–water partition coefficient (Wildman–Crippen LogP) is 4.11. The highest BCUT2D eigenvalue weighted by molar-refractivity contribution is 5.78. The van der Waals surface area contributed by atoms with E-state index in [1.54, 1.807) is 12.4 Å². The van der Waals surface area contributed by atoms with Gasteiger partial charge >= 0.3 is 0 Å². The first kappa shape index (κ1) is 12.6. The minimum Gasteiger partial charge on any atom is -0.378 e. The van der Waals surface area contributed by atoms with E-state index in [9.17, 15) is 0 Å². The van der Waals surface area contributed by atoms with Gasteiger partial charge in [0.15, 0.2) is 0 Å². The van der Waals surface area contributed by atoms with Crippen molar-refractivity contribution >= 4 is 16.7 Å². The summed E-state index contributed by atoms with van der Waals surface area (Å²) >= 11 is 0. The fraction of sp³-hybridized carbons (Fsp3) is 0.176. The zero-order valence-electron chi connectivity index (χ0n) is 11.7. The van der Waals surface area contributed by atoms with E-state index in [4.69, 9.17) is 0 Å². The van der Waals surface area contributed by atoms with Gasteiger partial charge in [0, 0.05) is 24.1 Å². The summed E-state index contributed by atoms with van der Waals surface area (Å²) < 4.78 is 0. The van der Waals surface area contributed by atoms with Crippen molar-refractivity contribution in [3.63, 3.8) is 0 Å². The lowest BCUT2D eigenvalue weighted by Crippen LogP contribution is -2.06. The third-order valence-electron chi connectivity index (χ3n) is 3.43. The second-order valence-corrected chi connectivity index (χ2v) is 5.04. The van der Waals surface area contributed by atoms with Crippen molar-refractivity contribution in [1.82, 2.24) is 9.97 Å². The molecule has 0 bridgehead atoms. The van der Waals surface area contributed by atoms with Crippen LogP contribution in [-0.2, 0) is 0 Å². The number of hydrogen-bond acceptors (Lipinski definition) is 3. The molecule has 0 fully saturated rings. The Bertz CT molecular complexity index is 720. The van der Waals surface area contributed by atoms with E-state index >= 15 is 0 Å². The molecule has 1 aromatic heterocycles. The minimum atomic E-state index is 0.254. The Morgan fingerprint density at radius 2 is 1.60 bits per heavy atom. The SMILES string of the molecule is Cc1ccc(C(C)Nc2ccc3nccnc3c2)cc1. The van der Waals surface area contributed by atoms with Crippen LogP contribution in [0.1, 0.15) is 24.1 Å². The first-order chi connectivity index (χ1) is 9.72. The zero-order valence-corrected chi connectivity index (χ0v) is 11.7. The monoisotopic (exact) mass is 263 g/mol. The maximum atomic E-state index is 4.33. The van der Waals surface area contributed by atoms with Crippen molar-refractivity contribution in [2.75, 3.05) is 5.32 Å². The molecule has 0 aliphatic rings. The van der Waals surface area contributed by atoms with Crippen molar-refractivity contribution in [3.8, 4) is 0 Å². The molecule has 0 saturated heterocycles. The Labute approximate surface area is 118 Å². The summed E-state index contributed by atoms with van der Waals surface area (Å²) in [5.74, 6) is 0. The lowest BCUT2D eigenvalue weighted by Gasteiger charge is -2.16. The standard InChI is InChI=1S/C17H17N3/c1-12-3-5-14(6-4-12)13(2)20-15-7-8-16-17(11-15)19-10-9-18-16/h3-11,13,20H,1-2H3. The van der Waals surface area contributed by atoms with Crippen LogP contribution in [0.4, 0.5) is 5.69 Å². The number of rotatable bonds is 3. The largest absolute Gasteiger partial charge is 0.378 e. The van der Waals surface area contributed by atoms with Crippen LogP contribution in [0.5, 0.6) is 0 Å². The van der Waals surface area contributed by atoms with Gasteiger partial charge in [-0.3, -0.25) is 9.97 Å². The lowest BCUT2D eigenvalue weighted by molar-refractivity contribution is 0.884. The normalized spacial score (nSPS) is 12.3. The topological polar surface area (TPSA) is 37.8 Å². The number of nitrogens with one attached hydrogen (secondary N) is 1. The summed E-state index contributed by atoms with van der Waals surface area (Å²) in [5, 5.41) is 3.50. The van der Waals surface area contributed by atoms with Gasteiger partial charge in [-0.05, 0) is 37.6 Å². The molecule has 1 N–H and O–H groups in total. The summed E-state index contributed by atoms with van der Waals surface area (Å²) in [6, 6.07) is 14.9. The molecule has 2 aromatic carbocycles. The predicted molar refractivity (Wildman–Crippen MR) is 82.8 cm³/mol. The first-order valence-electron chi connectivity index (χ1n) is 6.76. The summed E-state index contributed by atoms with van der Waals surface area (Å²) in [7, 11) is 0. The smallest absolute Gasteiger partial charge is 0.0907 e. The number of benzene rings is 2. The van der Waals surface area contributed by atoms with Crippen molar-refractivity contribution in [2.45, 2.75) is 19.9 Å². The van der Waals surface area contributed by atoms with Crippen LogP contribution in [0.15, 0.2) is 54.9 Å². The number of anilines is 1. The number of aryl methyl sites for hydroxylation is 1. The molecule has 1 heterocycles. The first-order valence-corrected chi connectivity index (χ1v) is 6.76. The third kappa shape index (κ3) is 2.62. The Morgan fingerprint density at radius 3 is 2.35 bits per heavy atom. The summed E-state index contributed by atoms with van der Waals surface area (Å²) in [5.41, 5.74) is 5.44. The molecule has 3 nitrogen and oxygen atoms in total. The van der Waals surface area contributed by atoms with Gasteiger partial charge in [0.2, 0.25) is 0 Å². The van der Waals surface area contributed by atoms with E-state index in [1.807, 2.05) is 18.2 Å². The van der Waals surface area contributed by atoms with E-state index < -0.39 is 0 Å². The number of nitrogens with zero attached hydrogens (tertiary/aromatic N) is 2. The van der Waals surface area contributed by atoms with Crippen LogP contribution in [0.3, 0.4) is 0 Å². The molecular weight excluding hydrogens is 246 g/mol. The number of aromatic nitrogens is 2. The van der Waals surface area contributed by atoms with Gasteiger partial charge in [0.25, 0.3) is 0 Å². The van der Waals surface area contributed by atoms with Gasteiger partial charge in [-0.25, -0.2) is 0 Å². The Balaban J connectivity index is 1.83. The van der Waals surface area contributed by atoms with E-state index in [-0.39, 0.29) is 6.04 Å². The van der Waals surface area contributed by atoms with Gasteiger partial charge in [-0.2, -0.15) is 0 Å². The molecule has 20 heavy (non-hydrogen) atoms. The zero-order chi connectivity index (χ0) is 13.9. The molecule has 1 unspecified atom stereocenters. The van der Waals surface area contributed by atoms with Gasteiger partial charge in [0.05, 0.1) is 11.0 Å². The highest BCUT2D eigenvalue weighted by Crippen LogP contribution is 2.21. The van der Waals surface area contributed by atoms with Crippen LogP contribution in [-0.4, -0.2) is 9.97 Å².